The second kappa shape index (κ2) is 7.79. The lowest BCUT2D eigenvalue weighted by molar-refractivity contribution is 0.0930. The summed E-state index contributed by atoms with van der Waals surface area (Å²) >= 11 is 0. The van der Waals surface area contributed by atoms with Crippen LogP contribution in [-0.2, 0) is 18.0 Å². The Morgan fingerprint density at radius 3 is 3.04 bits per heavy atom. The Balaban J connectivity index is 1.50. The molecule has 8 nitrogen and oxygen atoms in total. The number of amides is 1. The first-order chi connectivity index (χ1) is 13.7. The van der Waals surface area contributed by atoms with E-state index in [0.29, 0.717) is 35.2 Å². The monoisotopic (exact) mass is 381 g/mol. The van der Waals surface area contributed by atoms with Gasteiger partial charge in [-0.05, 0) is 23.8 Å². The first kappa shape index (κ1) is 18.1. The summed E-state index contributed by atoms with van der Waals surface area (Å²) in [6.07, 6.45) is 0. The van der Waals surface area contributed by atoms with Crippen LogP contribution < -0.4 is 10.1 Å². The zero-order chi connectivity index (χ0) is 19.5. The molecule has 1 aliphatic heterocycles. The molecule has 0 bridgehead atoms. The topological polar surface area (TPSA) is 107 Å². The first-order valence-corrected chi connectivity index (χ1v) is 8.77. The van der Waals surface area contributed by atoms with Crippen molar-refractivity contribution in [2.24, 2.45) is 0 Å². The van der Waals surface area contributed by atoms with Crippen LogP contribution in [0, 0.1) is 0 Å². The number of methoxy groups -OCH3 is 1. The molecule has 0 spiro atoms. The molecule has 8 heteroatoms. The third-order valence-electron chi connectivity index (χ3n) is 4.47. The predicted molar refractivity (Wildman–Crippen MR) is 98.5 cm³/mol. The predicted octanol–water partition coefficient (Wildman–Crippen LogP) is 2.24. The van der Waals surface area contributed by atoms with Crippen molar-refractivity contribution in [2.75, 3.05) is 13.7 Å². The van der Waals surface area contributed by atoms with Crippen LogP contribution in [0.5, 0.6) is 5.75 Å². The second-order valence-electron chi connectivity index (χ2n) is 6.39. The standard InChI is InChI=1S/C20H19N3O5/c1-26-11-18-22-19(23-28-18)13-5-6-15-16(10-27-17(15)8-13)21-20(25)14-4-2-3-12(7-14)9-24/h2-8,16,24H,9-11H2,1H3,(H,21,25)/t16-/m1/s1. The number of hydrogen-bond acceptors (Lipinski definition) is 7. The van der Waals surface area contributed by atoms with Gasteiger partial charge in [0.1, 0.15) is 19.0 Å². The Labute approximate surface area is 161 Å². The lowest BCUT2D eigenvalue weighted by atomic mass is 10.0. The highest BCUT2D eigenvalue weighted by Gasteiger charge is 2.27. The number of hydrogen-bond donors (Lipinski definition) is 2. The number of rotatable bonds is 6. The third kappa shape index (κ3) is 3.60. The van der Waals surface area contributed by atoms with Gasteiger partial charge >= 0.3 is 0 Å². The lowest BCUT2D eigenvalue weighted by Gasteiger charge is -2.12. The molecule has 1 atom stereocenters. The molecule has 1 amide bonds. The van der Waals surface area contributed by atoms with Crippen molar-refractivity contribution in [1.29, 1.82) is 0 Å². The van der Waals surface area contributed by atoms with E-state index in [1.807, 2.05) is 18.2 Å². The van der Waals surface area contributed by atoms with E-state index in [-0.39, 0.29) is 25.2 Å². The van der Waals surface area contributed by atoms with E-state index in [9.17, 15) is 9.90 Å². The van der Waals surface area contributed by atoms with Crippen LogP contribution in [0.15, 0.2) is 47.0 Å². The Morgan fingerprint density at radius 1 is 1.32 bits per heavy atom. The van der Waals surface area contributed by atoms with Gasteiger partial charge in [0.25, 0.3) is 11.8 Å². The van der Waals surface area contributed by atoms with Crippen LogP contribution in [0.1, 0.15) is 33.4 Å². The van der Waals surface area contributed by atoms with Crippen LogP contribution in [0.2, 0.25) is 0 Å². The van der Waals surface area contributed by atoms with Crippen molar-refractivity contribution in [3.8, 4) is 17.1 Å². The molecule has 0 fully saturated rings. The summed E-state index contributed by atoms with van der Waals surface area (Å²) in [4.78, 5) is 16.8. The number of aliphatic hydroxyl groups excluding tert-OH is 1. The molecule has 2 N–H and O–H groups in total. The summed E-state index contributed by atoms with van der Waals surface area (Å²) in [5, 5.41) is 16.1. The van der Waals surface area contributed by atoms with E-state index in [2.05, 4.69) is 15.5 Å². The second-order valence-corrected chi connectivity index (χ2v) is 6.39. The van der Waals surface area contributed by atoms with E-state index >= 15 is 0 Å². The van der Waals surface area contributed by atoms with Gasteiger partial charge in [-0.1, -0.05) is 29.4 Å². The summed E-state index contributed by atoms with van der Waals surface area (Å²) in [6, 6.07) is 12.2. The van der Waals surface area contributed by atoms with Gasteiger partial charge in [0.2, 0.25) is 5.82 Å². The van der Waals surface area contributed by atoms with Crippen molar-refractivity contribution < 1.29 is 23.9 Å². The molecule has 28 heavy (non-hydrogen) atoms. The lowest BCUT2D eigenvalue weighted by Crippen LogP contribution is -2.29. The third-order valence-corrected chi connectivity index (χ3v) is 4.47. The highest BCUT2D eigenvalue weighted by Crippen LogP contribution is 2.35. The summed E-state index contributed by atoms with van der Waals surface area (Å²) in [6.45, 7) is 0.479. The minimum Gasteiger partial charge on any atom is -0.491 e. The average Bonchev–Trinajstić information content (AvgIpc) is 3.35. The van der Waals surface area contributed by atoms with Crippen molar-refractivity contribution in [3.63, 3.8) is 0 Å². The molecule has 1 aliphatic rings. The molecular weight excluding hydrogens is 362 g/mol. The molecule has 0 radical (unpaired) electrons. The van der Waals surface area contributed by atoms with E-state index < -0.39 is 0 Å². The van der Waals surface area contributed by atoms with Gasteiger partial charge in [0, 0.05) is 23.8 Å². The largest absolute Gasteiger partial charge is 0.491 e. The number of carbonyl (C=O) groups is 1. The molecule has 0 saturated heterocycles. The van der Waals surface area contributed by atoms with Gasteiger partial charge in [0.05, 0.1) is 12.6 Å². The fourth-order valence-electron chi connectivity index (χ4n) is 3.08. The first-order valence-electron chi connectivity index (χ1n) is 8.77. The number of nitrogens with one attached hydrogen (secondary N) is 1. The van der Waals surface area contributed by atoms with Crippen LogP contribution in [0.25, 0.3) is 11.4 Å². The Kier molecular flexibility index (Phi) is 5.05. The smallest absolute Gasteiger partial charge is 0.252 e. The van der Waals surface area contributed by atoms with E-state index in [4.69, 9.17) is 14.0 Å². The zero-order valence-corrected chi connectivity index (χ0v) is 15.2. The van der Waals surface area contributed by atoms with Crippen LogP contribution >= 0.6 is 0 Å². The number of ether oxygens (including phenoxy) is 2. The molecule has 0 aliphatic carbocycles. The SMILES string of the molecule is COCc1nc(-c2ccc3c(c2)OC[C@H]3NC(=O)c2cccc(CO)c2)no1. The summed E-state index contributed by atoms with van der Waals surface area (Å²) in [5.74, 6) is 1.30. The van der Waals surface area contributed by atoms with Crippen LogP contribution in [0.3, 0.4) is 0 Å². The molecular formula is C20H19N3O5. The van der Waals surface area contributed by atoms with Crippen LogP contribution in [-0.4, -0.2) is 34.9 Å². The maximum Gasteiger partial charge on any atom is 0.252 e. The highest BCUT2D eigenvalue weighted by atomic mass is 16.5. The van der Waals surface area contributed by atoms with Gasteiger partial charge in [-0.25, -0.2) is 0 Å². The van der Waals surface area contributed by atoms with Gasteiger partial charge in [0.15, 0.2) is 0 Å². The van der Waals surface area contributed by atoms with Gasteiger partial charge < -0.3 is 24.4 Å². The molecule has 2 aromatic carbocycles. The molecule has 144 valence electrons. The number of nitrogens with zero attached hydrogens (tertiary/aromatic N) is 2. The molecule has 4 rings (SSSR count). The Bertz CT molecular complexity index is 1000. The summed E-state index contributed by atoms with van der Waals surface area (Å²) in [5.41, 5.74) is 2.82. The fourth-order valence-corrected chi connectivity index (χ4v) is 3.08. The number of benzene rings is 2. The van der Waals surface area contributed by atoms with Gasteiger partial charge in [-0.15, -0.1) is 0 Å². The molecule has 0 saturated carbocycles. The van der Waals surface area contributed by atoms with Crippen molar-refractivity contribution in [1.82, 2.24) is 15.5 Å². The van der Waals surface area contributed by atoms with E-state index in [0.717, 1.165) is 11.1 Å². The Hall–Kier alpha value is -3.23. The van der Waals surface area contributed by atoms with Crippen molar-refractivity contribution >= 4 is 5.91 Å². The van der Waals surface area contributed by atoms with Crippen LogP contribution in [0.4, 0.5) is 0 Å². The van der Waals surface area contributed by atoms with Crippen molar-refractivity contribution in [3.05, 3.63) is 65.0 Å². The average molecular weight is 381 g/mol. The number of aromatic nitrogens is 2. The quantitative estimate of drug-likeness (QED) is 0.674. The molecule has 0 unspecified atom stereocenters. The molecule has 2 heterocycles. The summed E-state index contributed by atoms with van der Waals surface area (Å²) < 4.78 is 15.8. The maximum atomic E-state index is 12.5. The van der Waals surface area contributed by atoms with E-state index in [1.54, 1.807) is 31.4 Å². The number of aliphatic hydroxyl groups is 1. The van der Waals surface area contributed by atoms with Gasteiger partial charge in [-0.2, -0.15) is 4.98 Å². The normalized spacial score (nSPS) is 15.1. The van der Waals surface area contributed by atoms with Crippen molar-refractivity contribution in [2.45, 2.75) is 19.3 Å². The molecule has 1 aromatic heterocycles. The van der Waals surface area contributed by atoms with E-state index in [1.165, 1.54) is 0 Å². The number of carbonyl (C=O) groups excluding carboxylic acids is 1. The maximum absolute atomic E-state index is 12.5. The zero-order valence-electron chi connectivity index (χ0n) is 15.2. The highest BCUT2D eigenvalue weighted by molar-refractivity contribution is 5.94. The summed E-state index contributed by atoms with van der Waals surface area (Å²) in [7, 11) is 1.56. The minimum absolute atomic E-state index is 0.110. The Morgan fingerprint density at radius 2 is 2.21 bits per heavy atom. The van der Waals surface area contributed by atoms with Gasteiger partial charge in [-0.3, -0.25) is 4.79 Å². The molecule has 3 aromatic rings. The minimum atomic E-state index is -0.261. The number of fused-ring (bicyclic) bond motifs is 1. The fraction of sp³-hybridized carbons (Fsp3) is 0.250.